The maximum atomic E-state index is 13.3. The minimum absolute atomic E-state index is 0.100. The standard InChI is InChI=1S/C27H32N4O3/c1-6-19-10-12-20(13-11-19)23-21(25(33)27(34)31(23)16-8-14-29(4)5)24(32)22-18(3)30-15-7-9-17(2)26(30)28-22/h7,9-13,15,23,32H,6,8,14,16H2,1-5H3. The second-order valence-electron chi connectivity index (χ2n) is 9.18. The van der Waals surface area contributed by atoms with E-state index in [1.807, 2.05) is 79.8 Å². The third-order valence-corrected chi connectivity index (χ3v) is 6.56. The van der Waals surface area contributed by atoms with Crippen molar-refractivity contribution in [2.75, 3.05) is 27.2 Å². The van der Waals surface area contributed by atoms with Crippen LogP contribution in [0.15, 0.2) is 48.2 Å². The van der Waals surface area contributed by atoms with Crippen LogP contribution in [0.3, 0.4) is 0 Å². The number of rotatable bonds is 7. The Morgan fingerprint density at radius 1 is 1.12 bits per heavy atom. The molecule has 3 heterocycles. The average molecular weight is 461 g/mol. The van der Waals surface area contributed by atoms with Gasteiger partial charge >= 0.3 is 0 Å². The van der Waals surface area contributed by atoms with Crippen LogP contribution < -0.4 is 0 Å². The van der Waals surface area contributed by atoms with Gasteiger partial charge in [0, 0.05) is 12.7 Å². The van der Waals surface area contributed by atoms with Crippen molar-refractivity contribution in [2.45, 2.75) is 39.7 Å². The van der Waals surface area contributed by atoms with E-state index in [0.29, 0.717) is 17.9 Å². The largest absolute Gasteiger partial charge is 0.505 e. The van der Waals surface area contributed by atoms with Crippen molar-refractivity contribution >= 4 is 23.1 Å². The topological polar surface area (TPSA) is 78.1 Å². The molecule has 1 fully saturated rings. The number of amides is 1. The van der Waals surface area contributed by atoms with E-state index in [9.17, 15) is 14.7 Å². The number of nitrogens with zero attached hydrogens (tertiary/aromatic N) is 4. The zero-order valence-electron chi connectivity index (χ0n) is 20.5. The van der Waals surface area contributed by atoms with Gasteiger partial charge in [-0.2, -0.15) is 0 Å². The first kappa shape index (κ1) is 23.7. The third kappa shape index (κ3) is 4.12. The summed E-state index contributed by atoms with van der Waals surface area (Å²) in [7, 11) is 3.95. The van der Waals surface area contributed by atoms with Gasteiger partial charge in [-0.1, -0.05) is 37.3 Å². The Hall–Kier alpha value is -3.45. The SMILES string of the molecule is CCc1ccc(C2C(=C(O)c3nc4c(C)cccn4c3C)C(=O)C(=O)N2CCCN(C)C)cc1. The molecule has 178 valence electrons. The van der Waals surface area contributed by atoms with E-state index in [0.717, 1.165) is 36.2 Å². The van der Waals surface area contributed by atoms with Crippen molar-refractivity contribution in [3.8, 4) is 0 Å². The number of aliphatic hydroxyl groups excluding tert-OH is 1. The van der Waals surface area contributed by atoms with Gasteiger partial charge in [-0.05, 0) is 70.1 Å². The Bertz CT molecular complexity index is 1270. The molecule has 7 nitrogen and oxygen atoms in total. The van der Waals surface area contributed by atoms with Crippen LogP contribution in [0.4, 0.5) is 0 Å². The smallest absolute Gasteiger partial charge is 0.295 e. The minimum atomic E-state index is -0.667. The fourth-order valence-corrected chi connectivity index (χ4v) is 4.62. The fraction of sp³-hybridized carbons (Fsp3) is 0.370. The molecule has 34 heavy (non-hydrogen) atoms. The van der Waals surface area contributed by atoms with E-state index < -0.39 is 17.7 Å². The second-order valence-corrected chi connectivity index (χ2v) is 9.18. The number of carbonyl (C=O) groups is 2. The number of hydrogen-bond donors (Lipinski definition) is 1. The van der Waals surface area contributed by atoms with Gasteiger partial charge in [0.05, 0.1) is 17.3 Å². The van der Waals surface area contributed by atoms with Crippen molar-refractivity contribution in [3.63, 3.8) is 0 Å². The second kappa shape index (κ2) is 9.43. The predicted molar refractivity (Wildman–Crippen MR) is 133 cm³/mol. The molecule has 1 unspecified atom stereocenters. The number of aryl methyl sites for hydroxylation is 3. The minimum Gasteiger partial charge on any atom is -0.505 e. The zero-order valence-corrected chi connectivity index (χ0v) is 20.5. The quantitative estimate of drug-likeness (QED) is 0.329. The first-order valence-electron chi connectivity index (χ1n) is 11.7. The molecule has 0 saturated carbocycles. The van der Waals surface area contributed by atoms with Crippen LogP contribution in [-0.2, 0) is 16.0 Å². The summed E-state index contributed by atoms with van der Waals surface area (Å²) in [5.74, 6) is -1.47. The third-order valence-electron chi connectivity index (χ3n) is 6.56. The molecule has 1 aromatic carbocycles. The van der Waals surface area contributed by atoms with Gasteiger partial charge in [0.15, 0.2) is 5.76 Å². The molecule has 7 heteroatoms. The van der Waals surface area contributed by atoms with Crippen molar-refractivity contribution in [2.24, 2.45) is 0 Å². The number of benzene rings is 1. The summed E-state index contributed by atoms with van der Waals surface area (Å²) in [4.78, 5) is 34.7. The van der Waals surface area contributed by atoms with E-state index in [2.05, 4.69) is 11.9 Å². The highest BCUT2D eigenvalue weighted by atomic mass is 16.3. The number of Topliss-reactive ketones (excluding diaryl/α,β-unsaturated/α-hetero) is 1. The van der Waals surface area contributed by atoms with Gasteiger partial charge in [0.2, 0.25) is 0 Å². The van der Waals surface area contributed by atoms with Gasteiger partial charge in [-0.25, -0.2) is 4.98 Å². The lowest BCUT2D eigenvalue weighted by atomic mass is 9.95. The van der Waals surface area contributed by atoms with E-state index in [-0.39, 0.29) is 11.3 Å². The molecule has 1 N–H and O–H groups in total. The van der Waals surface area contributed by atoms with Crippen molar-refractivity contribution in [3.05, 3.63) is 76.2 Å². The van der Waals surface area contributed by atoms with Crippen molar-refractivity contribution in [1.29, 1.82) is 0 Å². The Labute approximate surface area is 200 Å². The molecule has 1 atom stereocenters. The molecular weight excluding hydrogens is 428 g/mol. The highest BCUT2D eigenvalue weighted by Gasteiger charge is 2.46. The lowest BCUT2D eigenvalue weighted by Crippen LogP contribution is -2.32. The van der Waals surface area contributed by atoms with Gasteiger partial charge in [0.1, 0.15) is 11.3 Å². The van der Waals surface area contributed by atoms with E-state index in [4.69, 9.17) is 0 Å². The van der Waals surface area contributed by atoms with Crippen LogP contribution in [0.25, 0.3) is 11.4 Å². The summed E-state index contributed by atoms with van der Waals surface area (Å²) < 4.78 is 1.89. The molecule has 1 aliphatic heterocycles. The number of aliphatic hydroxyl groups is 1. The van der Waals surface area contributed by atoms with Gasteiger partial charge in [-0.15, -0.1) is 0 Å². The number of likely N-dealkylation sites (tertiary alicyclic amines) is 1. The van der Waals surface area contributed by atoms with Crippen LogP contribution in [0.5, 0.6) is 0 Å². The van der Waals surface area contributed by atoms with Crippen LogP contribution in [0.1, 0.15) is 47.5 Å². The van der Waals surface area contributed by atoms with Crippen molar-refractivity contribution in [1.82, 2.24) is 19.2 Å². The first-order valence-corrected chi connectivity index (χ1v) is 11.7. The monoisotopic (exact) mass is 460 g/mol. The van der Waals surface area contributed by atoms with Gasteiger partial charge in [0.25, 0.3) is 11.7 Å². The molecule has 2 aromatic heterocycles. The Morgan fingerprint density at radius 3 is 2.44 bits per heavy atom. The summed E-state index contributed by atoms with van der Waals surface area (Å²) in [5, 5.41) is 11.4. The maximum Gasteiger partial charge on any atom is 0.295 e. The normalized spacial score (nSPS) is 17.9. The van der Waals surface area contributed by atoms with E-state index >= 15 is 0 Å². The van der Waals surface area contributed by atoms with Crippen LogP contribution >= 0.6 is 0 Å². The summed E-state index contributed by atoms with van der Waals surface area (Å²) in [6, 6.07) is 11.1. The Morgan fingerprint density at radius 2 is 1.82 bits per heavy atom. The molecule has 0 aliphatic carbocycles. The van der Waals surface area contributed by atoms with Crippen molar-refractivity contribution < 1.29 is 14.7 Å². The van der Waals surface area contributed by atoms with Crippen LogP contribution in [0, 0.1) is 13.8 Å². The molecule has 0 spiro atoms. The Kier molecular flexibility index (Phi) is 6.57. The molecule has 0 radical (unpaired) electrons. The average Bonchev–Trinajstić information content (AvgIpc) is 3.29. The number of aromatic nitrogens is 2. The maximum absolute atomic E-state index is 13.3. The highest BCUT2D eigenvalue weighted by Crippen LogP contribution is 2.40. The van der Waals surface area contributed by atoms with Gasteiger partial charge in [-0.3, -0.25) is 9.59 Å². The predicted octanol–water partition coefficient (Wildman–Crippen LogP) is 3.89. The molecular formula is C27H32N4O3. The summed E-state index contributed by atoms with van der Waals surface area (Å²) in [5.41, 5.74) is 4.79. The van der Waals surface area contributed by atoms with Crippen LogP contribution in [-0.4, -0.2) is 63.2 Å². The van der Waals surface area contributed by atoms with E-state index in [1.165, 1.54) is 5.56 Å². The number of carbonyl (C=O) groups excluding carboxylic acids is 2. The molecule has 1 aliphatic rings. The molecule has 1 amide bonds. The highest BCUT2D eigenvalue weighted by molar-refractivity contribution is 6.46. The summed E-state index contributed by atoms with van der Waals surface area (Å²) in [6.45, 7) is 7.09. The number of imidazole rings is 1. The Balaban J connectivity index is 1.86. The van der Waals surface area contributed by atoms with Gasteiger partial charge < -0.3 is 19.3 Å². The molecule has 0 bridgehead atoms. The number of fused-ring (bicyclic) bond motifs is 1. The molecule has 3 aromatic rings. The lowest BCUT2D eigenvalue weighted by Gasteiger charge is -2.26. The zero-order chi connectivity index (χ0) is 24.6. The van der Waals surface area contributed by atoms with Crippen LogP contribution in [0.2, 0.25) is 0 Å². The molecule has 1 saturated heterocycles. The number of hydrogen-bond acceptors (Lipinski definition) is 5. The number of pyridine rings is 1. The molecule has 4 rings (SSSR count). The first-order chi connectivity index (χ1) is 16.2. The number of ketones is 1. The summed E-state index contributed by atoms with van der Waals surface area (Å²) in [6.07, 6.45) is 3.49. The van der Waals surface area contributed by atoms with E-state index in [1.54, 1.807) is 4.90 Å². The lowest BCUT2D eigenvalue weighted by molar-refractivity contribution is -0.139. The summed E-state index contributed by atoms with van der Waals surface area (Å²) >= 11 is 0. The fourth-order valence-electron chi connectivity index (χ4n) is 4.62.